The zero-order valence-electron chi connectivity index (χ0n) is 12.5. The average molecular weight is 249 g/mol. The summed E-state index contributed by atoms with van der Waals surface area (Å²) < 4.78 is 0. The van der Waals surface area contributed by atoms with Gasteiger partial charge in [-0.2, -0.15) is 0 Å². The number of hydrogen-bond donors (Lipinski definition) is 1. The first-order chi connectivity index (χ1) is 8.62. The van der Waals surface area contributed by atoms with Crippen LogP contribution in [0.1, 0.15) is 65.2 Å². The van der Waals surface area contributed by atoms with E-state index in [1.54, 1.807) is 6.42 Å². The Kier molecular flexibility index (Phi) is 3.47. The summed E-state index contributed by atoms with van der Waals surface area (Å²) in [6.45, 7) is 5.04. The second-order valence-corrected chi connectivity index (χ2v) is 7.99. The zero-order chi connectivity index (χ0) is 12.8. The van der Waals surface area contributed by atoms with E-state index in [2.05, 4.69) is 26.2 Å². The molecule has 1 nitrogen and oxygen atoms in total. The van der Waals surface area contributed by atoms with Crippen LogP contribution in [-0.2, 0) is 0 Å². The molecule has 2 bridgehead atoms. The normalized spacial score (nSPS) is 44.2. The molecule has 1 N–H and O–H groups in total. The molecule has 0 amide bonds. The van der Waals surface area contributed by atoms with E-state index in [4.69, 9.17) is 0 Å². The Labute approximate surface area is 113 Å². The van der Waals surface area contributed by atoms with Crippen molar-refractivity contribution < 1.29 is 0 Å². The predicted octanol–water partition coefficient (Wildman–Crippen LogP) is 4.23. The summed E-state index contributed by atoms with van der Waals surface area (Å²) in [6.07, 6.45) is 12.0. The molecule has 3 rings (SSSR count). The van der Waals surface area contributed by atoms with E-state index >= 15 is 0 Å². The lowest BCUT2D eigenvalue weighted by atomic mass is 9.62. The molecule has 0 aromatic carbocycles. The number of rotatable bonds is 3. The monoisotopic (exact) mass is 249 g/mol. The molecule has 0 heterocycles. The van der Waals surface area contributed by atoms with Crippen molar-refractivity contribution >= 4 is 0 Å². The topological polar surface area (TPSA) is 12.0 Å². The fourth-order valence-electron chi connectivity index (χ4n) is 5.63. The van der Waals surface area contributed by atoms with Crippen molar-refractivity contribution in [1.82, 2.24) is 5.32 Å². The molecule has 0 saturated heterocycles. The standard InChI is InChI=1S/C17H31N/c1-17(2)9-5-4-6-15(17)16(18-3)14-11-12-7-8-13(14)10-12/h12-16,18H,4-11H2,1-3H3. The van der Waals surface area contributed by atoms with Gasteiger partial charge in [0, 0.05) is 6.04 Å². The smallest absolute Gasteiger partial charge is 0.0128 e. The molecule has 18 heavy (non-hydrogen) atoms. The van der Waals surface area contributed by atoms with Gasteiger partial charge in [0.15, 0.2) is 0 Å². The first-order valence-electron chi connectivity index (χ1n) is 8.29. The molecule has 0 aliphatic heterocycles. The molecule has 3 saturated carbocycles. The summed E-state index contributed by atoms with van der Waals surface area (Å²) in [5, 5.41) is 3.75. The summed E-state index contributed by atoms with van der Waals surface area (Å²) >= 11 is 0. The molecular weight excluding hydrogens is 218 g/mol. The molecule has 1 heteroatoms. The van der Waals surface area contributed by atoms with E-state index in [9.17, 15) is 0 Å². The predicted molar refractivity (Wildman–Crippen MR) is 77.5 cm³/mol. The lowest BCUT2D eigenvalue weighted by Crippen LogP contribution is -2.49. The Morgan fingerprint density at radius 2 is 1.89 bits per heavy atom. The van der Waals surface area contributed by atoms with Gasteiger partial charge < -0.3 is 5.32 Å². The molecule has 104 valence electrons. The van der Waals surface area contributed by atoms with E-state index in [0.717, 1.165) is 29.7 Å². The summed E-state index contributed by atoms with van der Waals surface area (Å²) in [6, 6.07) is 0.801. The van der Waals surface area contributed by atoms with Gasteiger partial charge in [0.05, 0.1) is 0 Å². The third-order valence-electron chi connectivity index (χ3n) is 6.61. The van der Waals surface area contributed by atoms with Crippen LogP contribution in [0.15, 0.2) is 0 Å². The number of nitrogens with one attached hydrogen (secondary N) is 1. The summed E-state index contributed by atoms with van der Waals surface area (Å²) in [5.74, 6) is 4.06. The average Bonchev–Trinajstić information content (AvgIpc) is 2.94. The summed E-state index contributed by atoms with van der Waals surface area (Å²) in [7, 11) is 2.22. The Morgan fingerprint density at radius 1 is 1.06 bits per heavy atom. The van der Waals surface area contributed by atoms with E-state index in [1.165, 1.54) is 44.9 Å². The second-order valence-electron chi connectivity index (χ2n) is 7.99. The molecule has 0 radical (unpaired) electrons. The fourth-order valence-corrected chi connectivity index (χ4v) is 5.63. The highest BCUT2D eigenvalue weighted by Gasteiger charge is 2.47. The first-order valence-corrected chi connectivity index (χ1v) is 8.29. The molecule has 0 aromatic rings. The molecule has 3 aliphatic rings. The van der Waals surface area contributed by atoms with Gasteiger partial charge in [-0.05, 0) is 68.2 Å². The van der Waals surface area contributed by atoms with Gasteiger partial charge in [-0.25, -0.2) is 0 Å². The Bertz CT molecular complexity index is 296. The lowest BCUT2D eigenvalue weighted by Gasteiger charge is -2.46. The lowest BCUT2D eigenvalue weighted by molar-refractivity contribution is 0.0613. The van der Waals surface area contributed by atoms with Gasteiger partial charge in [-0.15, -0.1) is 0 Å². The van der Waals surface area contributed by atoms with Crippen LogP contribution in [0.3, 0.4) is 0 Å². The van der Waals surface area contributed by atoms with Crippen LogP contribution in [0.2, 0.25) is 0 Å². The maximum atomic E-state index is 3.75. The molecule has 5 atom stereocenters. The van der Waals surface area contributed by atoms with Gasteiger partial charge in [-0.1, -0.05) is 33.1 Å². The first kappa shape index (κ1) is 13.0. The van der Waals surface area contributed by atoms with Crippen LogP contribution in [0.4, 0.5) is 0 Å². The van der Waals surface area contributed by atoms with Crippen LogP contribution in [-0.4, -0.2) is 13.1 Å². The Balaban J connectivity index is 1.75. The highest BCUT2D eigenvalue weighted by Crippen LogP contribution is 2.53. The van der Waals surface area contributed by atoms with Crippen LogP contribution < -0.4 is 5.32 Å². The molecule has 0 aromatic heterocycles. The number of hydrogen-bond acceptors (Lipinski definition) is 1. The summed E-state index contributed by atoms with van der Waals surface area (Å²) in [5.41, 5.74) is 0.563. The molecule has 3 fully saturated rings. The van der Waals surface area contributed by atoms with Crippen molar-refractivity contribution in [2.45, 2.75) is 71.3 Å². The third-order valence-corrected chi connectivity index (χ3v) is 6.61. The maximum Gasteiger partial charge on any atom is 0.0128 e. The Hall–Kier alpha value is -0.0400. The van der Waals surface area contributed by atoms with Crippen LogP contribution >= 0.6 is 0 Å². The molecular formula is C17H31N. The van der Waals surface area contributed by atoms with E-state index in [-0.39, 0.29) is 0 Å². The zero-order valence-corrected chi connectivity index (χ0v) is 12.5. The maximum absolute atomic E-state index is 3.75. The highest BCUT2D eigenvalue weighted by atomic mass is 14.9. The van der Waals surface area contributed by atoms with Crippen LogP contribution in [0.5, 0.6) is 0 Å². The molecule has 0 spiro atoms. The third kappa shape index (κ3) is 2.13. The van der Waals surface area contributed by atoms with E-state index < -0.39 is 0 Å². The van der Waals surface area contributed by atoms with Crippen molar-refractivity contribution in [3.63, 3.8) is 0 Å². The minimum absolute atomic E-state index is 0.563. The summed E-state index contributed by atoms with van der Waals surface area (Å²) in [4.78, 5) is 0. The fraction of sp³-hybridized carbons (Fsp3) is 1.00. The van der Waals surface area contributed by atoms with Crippen LogP contribution in [0.25, 0.3) is 0 Å². The van der Waals surface area contributed by atoms with Crippen molar-refractivity contribution in [2.75, 3.05) is 7.05 Å². The van der Waals surface area contributed by atoms with Gasteiger partial charge in [0.1, 0.15) is 0 Å². The minimum atomic E-state index is 0.563. The van der Waals surface area contributed by atoms with Gasteiger partial charge in [-0.3, -0.25) is 0 Å². The SMILES string of the molecule is CNC(C1CC2CCC1C2)C1CCCCC1(C)C. The van der Waals surface area contributed by atoms with E-state index in [0.29, 0.717) is 5.41 Å². The Morgan fingerprint density at radius 3 is 2.44 bits per heavy atom. The molecule has 5 unspecified atom stereocenters. The largest absolute Gasteiger partial charge is 0.316 e. The highest BCUT2D eigenvalue weighted by molar-refractivity contribution is 5.00. The minimum Gasteiger partial charge on any atom is -0.316 e. The van der Waals surface area contributed by atoms with Gasteiger partial charge in [0.2, 0.25) is 0 Å². The van der Waals surface area contributed by atoms with Gasteiger partial charge >= 0.3 is 0 Å². The van der Waals surface area contributed by atoms with Crippen molar-refractivity contribution in [1.29, 1.82) is 0 Å². The van der Waals surface area contributed by atoms with Crippen LogP contribution in [0, 0.1) is 29.1 Å². The second kappa shape index (κ2) is 4.81. The van der Waals surface area contributed by atoms with Crippen molar-refractivity contribution in [3.05, 3.63) is 0 Å². The van der Waals surface area contributed by atoms with E-state index in [1.807, 2.05) is 0 Å². The quantitative estimate of drug-likeness (QED) is 0.789. The van der Waals surface area contributed by atoms with Gasteiger partial charge in [0.25, 0.3) is 0 Å². The molecule has 3 aliphatic carbocycles. The van der Waals surface area contributed by atoms with Crippen molar-refractivity contribution in [3.8, 4) is 0 Å². The number of fused-ring (bicyclic) bond motifs is 2. The van der Waals surface area contributed by atoms with Crippen molar-refractivity contribution in [2.24, 2.45) is 29.1 Å².